The van der Waals surface area contributed by atoms with Gasteiger partial charge in [0, 0.05) is 0 Å². The number of hydrogen-bond donors (Lipinski definition) is 0. The third-order valence-electron chi connectivity index (χ3n) is 7.17. The summed E-state index contributed by atoms with van der Waals surface area (Å²) in [5, 5.41) is 0. The molecule has 0 aromatic rings. The average molecular weight is 900 g/mol. The van der Waals surface area contributed by atoms with Crippen LogP contribution in [-0.4, -0.2) is 76.3 Å². The van der Waals surface area contributed by atoms with Gasteiger partial charge in [-0.15, -0.1) is 0 Å². The van der Waals surface area contributed by atoms with Crippen LogP contribution in [0.4, 0.5) is 52.7 Å². The molecule has 0 atom stereocenters. The molecular weight excluding hydrogens is 850 g/mol. The summed E-state index contributed by atoms with van der Waals surface area (Å²) in [6.07, 6.45) is -20.0. The Hall–Kier alpha value is 0.637. The van der Waals surface area contributed by atoms with Gasteiger partial charge >= 0.3 is 271 Å². The van der Waals surface area contributed by atoms with Gasteiger partial charge in [-0.2, -0.15) is 0 Å². The first-order chi connectivity index (χ1) is 20.7. The summed E-state index contributed by atoms with van der Waals surface area (Å²) < 4.78 is 176. The number of unbranched alkanes of at least 4 members (excludes halogenated alkanes) is 6. The van der Waals surface area contributed by atoms with Gasteiger partial charge in [0.15, 0.2) is 0 Å². The van der Waals surface area contributed by atoms with E-state index in [0.29, 0.717) is 25.7 Å². The Morgan fingerprint density at radius 1 is 0.378 bits per heavy atom. The molecule has 0 saturated carbocycles. The molecule has 0 unspecified atom stereocenters. The fourth-order valence-electron chi connectivity index (χ4n) is 4.95. The van der Waals surface area contributed by atoms with Crippen LogP contribution < -0.4 is 0 Å². The summed E-state index contributed by atoms with van der Waals surface area (Å²) in [4.78, 5) is 0. The van der Waals surface area contributed by atoms with Crippen LogP contribution >= 0.6 is 0 Å². The fraction of sp³-hybridized carbons (Fsp3) is 1.00. The Kier molecular flexibility index (Phi) is 22.7. The maximum absolute atomic E-state index is 13.2. The molecule has 0 heterocycles. The van der Waals surface area contributed by atoms with Gasteiger partial charge < -0.3 is 0 Å². The fourth-order valence-corrected chi connectivity index (χ4v) is 45.6. The van der Waals surface area contributed by atoms with Crippen molar-refractivity contribution in [2.45, 2.75) is 159 Å². The van der Waals surface area contributed by atoms with Crippen molar-refractivity contribution in [2.75, 3.05) is 13.2 Å². The Bertz CT molecular complexity index is 644. The monoisotopic (exact) mass is 902 g/mol. The summed E-state index contributed by atoms with van der Waals surface area (Å²) >= 11 is -10.1. The normalized spacial score (nSPS) is 14.0. The van der Waals surface area contributed by atoms with Crippen molar-refractivity contribution >= 4 is 38.4 Å². The molecule has 0 spiro atoms. The van der Waals surface area contributed by atoms with E-state index < -0.39 is 114 Å². The molecule has 0 amide bonds. The van der Waals surface area contributed by atoms with Crippen LogP contribution in [0.1, 0.15) is 117 Å². The van der Waals surface area contributed by atoms with E-state index in [0.717, 1.165) is 25.7 Å². The summed E-state index contributed by atoms with van der Waals surface area (Å²) in [6, 6.07) is 0. The Labute approximate surface area is 269 Å². The summed E-state index contributed by atoms with van der Waals surface area (Å²) in [5.41, 5.74) is 0. The zero-order chi connectivity index (χ0) is 34.7. The maximum atomic E-state index is 13.2. The van der Waals surface area contributed by atoms with Crippen LogP contribution in [-0.2, 0) is 7.56 Å². The number of alkyl halides is 12. The first-order valence-corrected chi connectivity index (χ1v) is 28.6. The van der Waals surface area contributed by atoms with Crippen molar-refractivity contribution in [3.8, 4) is 0 Å². The van der Waals surface area contributed by atoms with Gasteiger partial charge in [-0.1, -0.05) is 0 Å². The van der Waals surface area contributed by atoms with E-state index in [1.165, 1.54) is 0 Å². The van der Waals surface area contributed by atoms with E-state index in [9.17, 15) is 52.7 Å². The molecule has 0 aromatic carbocycles. The number of halogens is 12. The topological polar surface area (TPSA) is 27.7 Å². The van der Waals surface area contributed by atoms with Crippen LogP contribution in [0.3, 0.4) is 0 Å². The molecule has 0 radical (unpaired) electrons. The third kappa shape index (κ3) is 27.2. The average Bonchev–Trinajstić information content (AvgIpc) is 2.85. The van der Waals surface area contributed by atoms with E-state index in [1.54, 1.807) is 0 Å². The van der Waals surface area contributed by atoms with E-state index in [4.69, 9.17) is 7.56 Å². The molecule has 0 aromatic heterocycles. The predicted molar refractivity (Wildman–Crippen MR) is 153 cm³/mol. The summed E-state index contributed by atoms with van der Waals surface area (Å²) in [5.74, 6) is 0. The Morgan fingerprint density at radius 3 is 0.867 bits per heavy atom. The van der Waals surface area contributed by atoms with Crippen LogP contribution in [0.2, 0.25) is 17.7 Å². The quantitative estimate of drug-likeness (QED) is 0.0492. The SMILES string of the molecule is CCCCCC[O][Sn]([CH2]CCC(F)(F)F)([CH2]CCC(F)(F)F)[O][Sn]([CH2]CCC(F)(F)F)([CH2]CCC(F)(F)F)[O]CCCCCC. The molecule has 0 aliphatic carbocycles. The van der Waals surface area contributed by atoms with Crippen molar-refractivity contribution in [2.24, 2.45) is 0 Å². The second-order valence-corrected chi connectivity index (χ2v) is 33.9. The first-order valence-electron chi connectivity index (χ1n) is 15.9. The molecule has 17 heteroatoms. The Balaban J connectivity index is 6.64. The minimum atomic E-state index is -5.07. The van der Waals surface area contributed by atoms with Gasteiger partial charge in [0.2, 0.25) is 0 Å². The van der Waals surface area contributed by atoms with Crippen molar-refractivity contribution in [1.29, 1.82) is 0 Å². The second-order valence-electron chi connectivity index (χ2n) is 11.6. The molecule has 3 nitrogen and oxygen atoms in total. The Morgan fingerprint density at radius 2 is 0.644 bits per heavy atom. The van der Waals surface area contributed by atoms with Crippen molar-refractivity contribution < 1.29 is 60.2 Å². The van der Waals surface area contributed by atoms with Gasteiger partial charge in [-0.05, 0) is 0 Å². The van der Waals surface area contributed by atoms with Crippen molar-refractivity contribution in [1.82, 2.24) is 0 Å². The standard InChI is InChI=1S/2C6H13O.4C4H6F3.O.2Sn/c2*1-2-3-4-5-6-7;4*1-2-3-4(5,6)7;;;/h2*2-6H2,1H3;4*1-3H2;;;/q2*-1;;;;;;2*+1. The van der Waals surface area contributed by atoms with Gasteiger partial charge in [-0.25, -0.2) is 0 Å². The van der Waals surface area contributed by atoms with Gasteiger partial charge in [0.05, 0.1) is 0 Å². The van der Waals surface area contributed by atoms with E-state index >= 15 is 0 Å². The molecule has 0 bridgehead atoms. The zero-order valence-corrected chi connectivity index (χ0v) is 32.0. The molecule has 0 aliphatic heterocycles. The van der Waals surface area contributed by atoms with Gasteiger partial charge in [-0.3, -0.25) is 0 Å². The molecule has 0 fully saturated rings. The van der Waals surface area contributed by atoms with Crippen LogP contribution in [0.25, 0.3) is 0 Å². The van der Waals surface area contributed by atoms with Crippen LogP contribution in [0.15, 0.2) is 0 Å². The van der Waals surface area contributed by atoms with Crippen molar-refractivity contribution in [3.63, 3.8) is 0 Å². The van der Waals surface area contributed by atoms with E-state index in [-0.39, 0.29) is 31.0 Å². The summed E-state index contributed by atoms with van der Waals surface area (Å²) in [7, 11) is 0. The molecule has 45 heavy (non-hydrogen) atoms. The molecule has 0 saturated heterocycles. The molecule has 0 aliphatic rings. The van der Waals surface area contributed by atoms with E-state index in [2.05, 4.69) is 0 Å². The van der Waals surface area contributed by atoms with Gasteiger partial charge in [0.1, 0.15) is 0 Å². The number of hydrogen-bond acceptors (Lipinski definition) is 3. The predicted octanol–water partition coefficient (Wildman–Crippen LogP) is 12.5. The molecule has 0 N–H and O–H groups in total. The zero-order valence-electron chi connectivity index (χ0n) is 26.3. The molecule has 272 valence electrons. The van der Waals surface area contributed by atoms with E-state index in [1.807, 2.05) is 13.8 Å². The van der Waals surface area contributed by atoms with Gasteiger partial charge in [0.25, 0.3) is 0 Å². The molecular formula is C28H50F12O3Sn2. The second kappa shape index (κ2) is 22.4. The van der Waals surface area contributed by atoms with Crippen LogP contribution in [0, 0.1) is 0 Å². The molecule has 0 rings (SSSR count). The van der Waals surface area contributed by atoms with Crippen molar-refractivity contribution in [3.05, 3.63) is 0 Å². The summed E-state index contributed by atoms with van der Waals surface area (Å²) in [6.45, 7) is 3.84. The third-order valence-corrected chi connectivity index (χ3v) is 40.4. The number of rotatable bonds is 26. The first kappa shape index (κ1) is 45.6. The minimum absolute atomic E-state index is 0.0162. The van der Waals surface area contributed by atoms with Crippen LogP contribution in [0.5, 0.6) is 0 Å².